The number of fused-ring (bicyclic) bond motifs is 2. The van der Waals surface area contributed by atoms with Crippen molar-refractivity contribution >= 4 is 29.4 Å². The first-order chi connectivity index (χ1) is 16.4. The molecule has 0 radical (unpaired) electrons. The number of amidine groups is 1. The second-order valence-corrected chi connectivity index (χ2v) is 9.95. The molecule has 3 amide bonds. The van der Waals surface area contributed by atoms with Crippen LogP contribution in [-0.2, 0) is 4.79 Å². The van der Waals surface area contributed by atoms with Crippen LogP contribution in [0, 0.1) is 12.8 Å². The van der Waals surface area contributed by atoms with Crippen LogP contribution < -0.4 is 9.64 Å². The lowest BCUT2D eigenvalue weighted by Gasteiger charge is -2.36. The van der Waals surface area contributed by atoms with Gasteiger partial charge in [-0.25, -0.2) is 14.3 Å². The van der Waals surface area contributed by atoms with Crippen molar-refractivity contribution in [1.29, 1.82) is 0 Å². The Labute approximate surface area is 201 Å². The average molecular weight is 468 g/mol. The Morgan fingerprint density at radius 3 is 2.65 bits per heavy atom. The maximum Gasteiger partial charge on any atom is 0.397 e. The van der Waals surface area contributed by atoms with Gasteiger partial charge in [-0.3, -0.25) is 14.6 Å². The highest BCUT2D eigenvalue weighted by Gasteiger charge is 2.55. The number of nitrogens with zero attached hydrogens (tertiary/aromatic N) is 6. The van der Waals surface area contributed by atoms with E-state index in [2.05, 4.69) is 34.3 Å². The molecular weight excluding hydrogens is 432 g/mol. The molecule has 4 aliphatic heterocycles. The molecule has 34 heavy (non-hydrogen) atoms. The maximum atomic E-state index is 13.7. The van der Waals surface area contributed by atoms with Crippen molar-refractivity contribution in [1.82, 2.24) is 14.7 Å². The molecule has 182 valence electrons. The molecule has 0 aromatic heterocycles. The van der Waals surface area contributed by atoms with E-state index >= 15 is 0 Å². The third kappa shape index (κ3) is 3.85. The van der Waals surface area contributed by atoms with E-state index in [-0.39, 0.29) is 11.9 Å². The van der Waals surface area contributed by atoms with Gasteiger partial charge in [0, 0.05) is 26.1 Å². The van der Waals surface area contributed by atoms with Crippen molar-refractivity contribution in [3.63, 3.8) is 0 Å². The normalized spacial score (nSPS) is 25.5. The topological polar surface area (TPSA) is 71.7 Å². The average Bonchev–Trinajstić information content (AvgIpc) is 3.22. The van der Waals surface area contributed by atoms with E-state index < -0.39 is 6.04 Å². The van der Waals surface area contributed by atoms with Gasteiger partial charge in [0.05, 0.1) is 20.2 Å². The molecule has 5 rings (SSSR count). The van der Waals surface area contributed by atoms with Gasteiger partial charge in [0.2, 0.25) is 11.9 Å². The Morgan fingerprint density at radius 2 is 1.91 bits per heavy atom. The summed E-state index contributed by atoms with van der Waals surface area (Å²) in [6.07, 6.45) is 3.63. The molecular formula is C25H35N6O3+. The number of ether oxygens (including phenoxy) is 1. The number of benzene rings is 1. The van der Waals surface area contributed by atoms with E-state index in [1.54, 1.807) is 19.1 Å². The predicted octanol–water partition coefficient (Wildman–Crippen LogP) is 1.99. The number of hydrogen-bond acceptors (Lipinski definition) is 6. The maximum absolute atomic E-state index is 13.7. The molecule has 1 aromatic rings. The SMILES string of the molecule is COc1ccc(C)cc1N1CC(C)C[N+]2=C1N=C1C2C(=O)N(CCN2CCCCC2)C(=O)N1C. The molecule has 2 atom stereocenters. The number of amides is 3. The summed E-state index contributed by atoms with van der Waals surface area (Å²) in [6, 6.07) is 5.22. The molecule has 0 aliphatic carbocycles. The monoisotopic (exact) mass is 467 g/mol. The van der Waals surface area contributed by atoms with E-state index in [1.807, 2.05) is 12.1 Å². The predicted molar refractivity (Wildman–Crippen MR) is 131 cm³/mol. The zero-order valence-corrected chi connectivity index (χ0v) is 20.7. The number of methoxy groups -OCH3 is 1. The van der Waals surface area contributed by atoms with Crippen LogP contribution in [-0.4, -0.2) is 102 Å². The molecule has 4 aliphatic rings. The fraction of sp³-hybridized carbons (Fsp3) is 0.600. The Hall–Kier alpha value is -2.94. The highest BCUT2D eigenvalue weighted by Crippen LogP contribution is 2.34. The van der Waals surface area contributed by atoms with Crippen LogP contribution in [0.15, 0.2) is 23.2 Å². The Balaban J connectivity index is 1.47. The molecule has 9 heteroatoms. The molecule has 0 bridgehead atoms. The van der Waals surface area contributed by atoms with E-state index in [9.17, 15) is 9.59 Å². The van der Waals surface area contributed by atoms with Crippen molar-refractivity contribution in [3.05, 3.63) is 23.8 Å². The van der Waals surface area contributed by atoms with Crippen molar-refractivity contribution < 1.29 is 18.9 Å². The minimum absolute atomic E-state index is 0.167. The van der Waals surface area contributed by atoms with Gasteiger partial charge < -0.3 is 9.64 Å². The number of aryl methyl sites for hydroxylation is 1. The zero-order valence-electron chi connectivity index (χ0n) is 20.7. The summed E-state index contributed by atoms with van der Waals surface area (Å²) in [4.78, 5) is 39.2. The fourth-order valence-corrected chi connectivity index (χ4v) is 5.54. The zero-order chi connectivity index (χ0) is 24.0. The number of rotatable bonds is 5. The summed E-state index contributed by atoms with van der Waals surface area (Å²) in [5, 5.41) is 0. The third-order valence-corrected chi connectivity index (χ3v) is 7.35. The second kappa shape index (κ2) is 9.02. The van der Waals surface area contributed by atoms with Crippen molar-refractivity contribution in [2.45, 2.75) is 39.2 Å². The quantitative estimate of drug-likeness (QED) is 0.620. The Kier molecular flexibility index (Phi) is 6.06. The highest BCUT2D eigenvalue weighted by molar-refractivity contribution is 6.24. The van der Waals surface area contributed by atoms with Gasteiger partial charge in [0.1, 0.15) is 5.69 Å². The van der Waals surface area contributed by atoms with Gasteiger partial charge in [0.15, 0.2) is 5.75 Å². The summed E-state index contributed by atoms with van der Waals surface area (Å²) in [5.74, 6) is 2.14. The van der Waals surface area contributed by atoms with Crippen LogP contribution in [0.2, 0.25) is 0 Å². The number of carbonyl (C=O) groups is 2. The molecule has 2 unspecified atom stereocenters. The van der Waals surface area contributed by atoms with E-state index in [4.69, 9.17) is 9.73 Å². The minimum Gasteiger partial charge on any atom is -0.493 e. The third-order valence-electron chi connectivity index (χ3n) is 7.35. The summed E-state index contributed by atoms with van der Waals surface area (Å²) < 4.78 is 7.73. The van der Waals surface area contributed by atoms with Gasteiger partial charge >= 0.3 is 12.0 Å². The number of guanidine groups is 1. The van der Waals surface area contributed by atoms with Gasteiger partial charge in [-0.2, -0.15) is 0 Å². The summed E-state index contributed by atoms with van der Waals surface area (Å²) in [7, 11) is 3.40. The van der Waals surface area contributed by atoms with Crippen molar-refractivity contribution in [2.75, 3.05) is 58.3 Å². The molecule has 9 nitrogen and oxygen atoms in total. The van der Waals surface area contributed by atoms with Crippen LogP contribution >= 0.6 is 0 Å². The van der Waals surface area contributed by atoms with Crippen LogP contribution in [0.4, 0.5) is 10.5 Å². The van der Waals surface area contributed by atoms with Crippen LogP contribution in [0.1, 0.15) is 31.7 Å². The first-order valence-electron chi connectivity index (χ1n) is 12.3. The number of anilines is 1. The summed E-state index contributed by atoms with van der Waals surface area (Å²) in [5.41, 5.74) is 2.05. The summed E-state index contributed by atoms with van der Waals surface area (Å²) in [6.45, 7) is 8.93. The van der Waals surface area contributed by atoms with Gasteiger partial charge in [-0.1, -0.05) is 24.4 Å². The van der Waals surface area contributed by atoms with Gasteiger partial charge in [-0.05, 0) is 50.6 Å². The molecule has 0 saturated carbocycles. The smallest absolute Gasteiger partial charge is 0.397 e. The fourth-order valence-electron chi connectivity index (χ4n) is 5.54. The number of aliphatic imine (C=N–C) groups is 1. The molecule has 1 aromatic carbocycles. The van der Waals surface area contributed by atoms with Gasteiger partial charge in [0.25, 0.3) is 5.91 Å². The number of piperidine rings is 1. The lowest BCUT2D eigenvalue weighted by atomic mass is 10.1. The molecule has 4 heterocycles. The first kappa shape index (κ1) is 22.8. The summed E-state index contributed by atoms with van der Waals surface area (Å²) >= 11 is 0. The van der Waals surface area contributed by atoms with Crippen LogP contribution in [0.5, 0.6) is 5.75 Å². The lowest BCUT2D eigenvalue weighted by Crippen LogP contribution is -2.64. The van der Waals surface area contributed by atoms with E-state index in [0.717, 1.165) is 43.2 Å². The second-order valence-electron chi connectivity index (χ2n) is 9.95. The number of likely N-dealkylation sites (tertiary alicyclic amines) is 1. The van der Waals surface area contributed by atoms with Crippen LogP contribution in [0.3, 0.4) is 0 Å². The minimum atomic E-state index is -0.569. The molecule has 0 N–H and O–H groups in total. The largest absolute Gasteiger partial charge is 0.493 e. The Bertz CT molecular complexity index is 1060. The standard InChI is InChI=1S/C25H35N6O3/c1-17-8-9-20(34-4)19(14-17)30-15-18(2)16-31-21-22(26-24(30)31)27(3)25(33)29(23(21)32)13-12-28-10-6-5-7-11-28/h8-9,14,18,21H,5-7,10-13,15-16H2,1-4H3/q+1. The van der Waals surface area contributed by atoms with E-state index in [1.165, 1.54) is 24.2 Å². The number of likely N-dealkylation sites (N-methyl/N-ethyl adjacent to an activating group) is 1. The number of imide groups is 1. The first-order valence-corrected chi connectivity index (χ1v) is 12.3. The van der Waals surface area contributed by atoms with Crippen molar-refractivity contribution in [3.8, 4) is 5.75 Å². The number of carbonyl (C=O) groups excluding carboxylic acids is 2. The van der Waals surface area contributed by atoms with Crippen LogP contribution in [0.25, 0.3) is 0 Å². The van der Waals surface area contributed by atoms with E-state index in [0.29, 0.717) is 30.8 Å². The number of urea groups is 1. The van der Waals surface area contributed by atoms with Crippen molar-refractivity contribution in [2.24, 2.45) is 10.9 Å². The molecule has 2 saturated heterocycles. The lowest BCUT2D eigenvalue weighted by molar-refractivity contribution is -0.545. The van der Waals surface area contributed by atoms with Gasteiger partial charge in [-0.15, -0.1) is 0 Å². The highest BCUT2D eigenvalue weighted by atomic mass is 16.5. The number of hydrogen-bond donors (Lipinski definition) is 0. The molecule has 2 fully saturated rings. The molecule has 0 spiro atoms. The Morgan fingerprint density at radius 1 is 1.15 bits per heavy atom.